The molecule has 0 saturated carbocycles. The van der Waals surface area contributed by atoms with Crippen LogP contribution >= 0.6 is 24.4 Å². The Bertz CT molecular complexity index is 1420. The molecule has 14 heteroatoms. The maximum absolute atomic E-state index is 12.7. The van der Waals surface area contributed by atoms with Gasteiger partial charge in [-0.2, -0.15) is 0 Å². The zero-order chi connectivity index (χ0) is 37.9. The molecule has 4 atom stereocenters. The van der Waals surface area contributed by atoms with Crippen LogP contribution in [-0.4, -0.2) is 130 Å². The number of methoxy groups -OCH3 is 4. The minimum Gasteiger partial charge on any atom is -0.497 e. The number of nitrogens with one attached hydrogen (secondary N) is 1. The number of benzene rings is 2. The van der Waals surface area contributed by atoms with Crippen LogP contribution in [0.15, 0.2) is 36.4 Å². The van der Waals surface area contributed by atoms with Crippen molar-refractivity contribution in [3.8, 4) is 23.0 Å². The molecule has 0 bridgehead atoms. The summed E-state index contributed by atoms with van der Waals surface area (Å²) in [6, 6.07) is 11.4. The summed E-state index contributed by atoms with van der Waals surface area (Å²) in [5, 5.41) is 3.41. The Morgan fingerprint density at radius 2 is 1.20 bits per heavy atom. The summed E-state index contributed by atoms with van der Waals surface area (Å²) >= 11 is 11.0. The lowest BCUT2D eigenvalue weighted by molar-refractivity contribution is 0.0168. The molecule has 2 aliphatic rings. The number of hydrogen-bond acceptors (Lipinski definition) is 11. The van der Waals surface area contributed by atoms with Gasteiger partial charge in [0.25, 0.3) is 0 Å². The minimum atomic E-state index is -0.572. The van der Waals surface area contributed by atoms with Crippen LogP contribution in [0.3, 0.4) is 0 Å². The maximum atomic E-state index is 12.7. The van der Waals surface area contributed by atoms with Gasteiger partial charge in [0.1, 0.15) is 33.6 Å². The molecule has 0 unspecified atom stereocenters. The number of likely N-dealkylation sites (N-methyl/N-ethyl adjacent to an activating group) is 2. The number of amides is 1. The Morgan fingerprint density at radius 1 is 0.745 bits per heavy atom. The van der Waals surface area contributed by atoms with E-state index in [1.807, 2.05) is 95.2 Å². The monoisotopic (exact) mass is 748 g/mol. The largest absolute Gasteiger partial charge is 0.497 e. The van der Waals surface area contributed by atoms with Gasteiger partial charge in [-0.25, -0.2) is 4.79 Å². The number of hydrogen-bond donors (Lipinski definition) is 1. The highest BCUT2D eigenvalue weighted by Crippen LogP contribution is 2.28. The lowest BCUT2D eigenvalue weighted by Crippen LogP contribution is -2.46. The van der Waals surface area contributed by atoms with Crippen LogP contribution in [-0.2, 0) is 27.4 Å². The molecule has 1 amide bonds. The first-order valence-electron chi connectivity index (χ1n) is 16.9. The summed E-state index contributed by atoms with van der Waals surface area (Å²) in [4.78, 5) is 19.8. The van der Waals surface area contributed by atoms with Gasteiger partial charge in [0, 0.05) is 53.3 Å². The number of rotatable bonds is 12. The molecule has 1 N–H and O–H groups in total. The highest BCUT2D eigenvalue weighted by atomic mass is 32.1. The van der Waals surface area contributed by atoms with Crippen molar-refractivity contribution < 1.29 is 38.0 Å². The Hall–Kier alpha value is -3.43. The van der Waals surface area contributed by atoms with Crippen LogP contribution < -0.4 is 24.3 Å². The molecule has 2 aromatic carbocycles. The average molecular weight is 749 g/mol. The van der Waals surface area contributed by atoms with Crippen molar-refractivity contribution in [2.24, 2.45) is 0 Å². The smallest absolute Gasteiger partial charge is 0.410 e. The van der Waals surface area contributed by atoms with Crippen molar-refractivity contribution in [3.05, 3.63) is 47.5 Å². The molecule has 2 aromatic rings. The molecule has 2 heterocycles. The van der Waals surface area contributed by atoms with Crippen molar-refractivity contribution in [1.82, 2.24) is 20.0 Å². The molecule has 4 rings (SSSR count). The number of carbonyl (C=O) groups is 1. The normalized spacial score (nSPS) is 19.8. The zero-order valence-electron chi connectivity index (χ0n) is 31.9. The van der Waals surface area contributed by atoms with Gasteiger partial charge in [-0.1, -0.05) is 24.4 Å². The fourth-order valence-electron chi connectivity index (χ4n) is 5.63. The molecular formula is C37H56N4O8S2. The Balaban J connectivity index is 0.000000286. The summed E-state index contributed by atoms with van der Waals surface area (Å²) in [5.74, 6) is 2.95. The quantitative estimate of drug-likeness (QED) is 0.284. The lowest BCUT2D eigenvalue weighted by atomic mass is 10.1. The molecule has 2 fully saturated rings. The van der Waals surface area contributed by atoms with E-state index in [9.17, 15) is 4.79 Å². The third-order valence-electron chi connectivity index (χ3n) is 8.24. The molecular weight excluding hydrogens is 693 g/mol. The van der Waals surface area contributed by atoms with Gasteiger partial charge in [-0.05, 0) is 62.6 Å². The zero-order valence-corrected chi connectivity index (χ0v) is 33.6. The predicted molar refractivity (Wildman–Crippen MR) is 207 cm³/mol. The second kappa shape index (κ2) is 19.4. The molecule has 2 saturated heterocycles. The molecule has 51 heavy (non-hydrogen) atoms. The van der Waals surface area contributed by atoms with Crippen molar-refractivity contribution in [3.63, 3.8) is 0 Å². The van der Waals surface area contributed by atoms with Gasteiger partial charge < -0.3 is 48.3 Å². The lowest BCUT2D eigenvalue weighted by Gasteiger charge is -2.30. The number of ether oxygens (including phenoxy) is 7. The van der Waals surface area contributed by atoms with Crippen LogP contribution in [0.25, 0.3) is 0 Å². The Labute approximate surface area is 314 Å². The van der Waals surface area contributed by atoms with Crippen LogP contribution in [0.1, 0.15) is 44.7 Å². The Morgan fingerprint density at radius 3 is 1.61 bits per heavy atom. The summed E-state index contributed by atoms with van der Waals surface area (Å²) in [5.41, 5.74) is 1.40. The molecule has 0 radical (unpaired) electrons. The van der Waals surface area contributed by atoms with E-state index in [2.05, 4.69) is 5.32 Å². The first kappa shape index (κ1) is 42.0. The fourth-order valence-corrected chi connectivity index (χ4v) is 6.03. The molecule has 0 spiro atoms. The van der Waals surface area contributed by atoms with Gasteiger partial charge in [-0.15, -0.1) is 0 Å². The first-order valence-corrected chi connectivity index (χ1v) is 17.7. The number of nitrogens with zero attached hydrogens (tertiary/aromatic N) is 3. The van der Waals surface area contributed by atoms with E-state index in [1.54, 1.807) is 33.3 Å². The van der Waals surface area contributed by atoms with Crippen molar-refractivity contribution in [2.75, 3.05) is 69.7 Å². The first-order chi connectivity index (χ1) is 24.1. The van der Waals surface area contributed by atoms with Crippen molar-refractivity contribution in [2.45, 2.75) is 76.7 Å². The highest BCUT2D eigenvalue weighted by molar-refractivity contribution is 7.80. The summed E-state index contributed by atoms with van der Waals surface area (Å²) in [7, 11) is 14.2. The van der Waals surface area contributed by atoms with Gasteiger partial charge >= 0.3 is 6.09 Å². The van der Waals surface area contributed by atoms with E-state index in [0.29, 0.717) is 42.7 Å². The summed E-state index contributed by atoms with van der Waals surface area (Å²) in [6.07, 6.45) is 1.17. The summed E-state index contributed by atoms with van der Waals surface area (Å²) in [6.45, 7) is 7.71. The van der Waals surface area contributed by atoms with Crippen LogP contribution in [0.4, 0.5) is 4.79 Å². The van der Waals surface area contributed by atoms with E-state index in [-0.39, 0.29) is 30.4 Å². The van der Waals surface area contributed by atoms with E-state index < -0.39 is 5.60 Å². The van der Waals surface area contributed by atoms with E-state index >= 15 is 0 Å². The van der Waals surface area contributed by atoms with E-state index in [0.717, 1.165) is 40.6 Å². The molecule has 0 aliphatic carbocycles. The van der Waals surface area contributed by atoms with Crippen LogP contribution in [0.5, 0.6) is 23.0 Å². The predicted octanol–water partition coefficient (Wildman–Crippen LogP) is 5.33. The van der Waals surface area contributed by atoms with Crippen LogP contribution in [0.2, 0.25) is 0 Å². The Kier molecular flexibility index (Phi) is 16.0. The number of likely N-dealkylation sites (tertiary alicyclic amines) is 1. The van der Waals surface area contributed by atoms with Gasteiger partial charge in [0.2, 0.25) is 0 Å². The van der Waals surface area contributed by atoms with Gasteiger partial charge in [0.05, 0.1) is 77.5 Å². The topological polar surface area (TPSA) is 103 Å². The average Bonchev–Trinajstić information content (AvgIpc) is 3.76. The van der Waals surface area contributed by atoms with Gasteiger partial charge in [0.15, 0.2) is 0 Å². The highest BCUT2D eigenvalue weighted by Gasteiger charge is 2.41. The van der Waals surface area contributed by atoms with E-state index in [1.165, 1.54) is 0 Å². The second-order valence-corrected chi connectivity index (χ2v) is 14.7. The molecule has 12 nitrogen and oxygen atoms in total. The van der Waals surface area contributed by atoms with Crippen LogP contribution in [0, 0.1) is 0 Å². The maximum Gasteiger partial charge on any atom is 0.410 e. The molecule has 284 valence electrons. The van der Waals surface area contributed by atoms with E-state index in [4.69, 9.17) is 57.6 Å². The molecule has 2 aliphatic heterocycles. The van der Waals surface area contributed by atoms with Crippen molar-refractivity contribution >= 4 is 40.5 Å². The standard InChI is InChI=1S/C21H32N2O5S.C16H24N2O3S/c1-21(2,3)28-20(24)23-12-17(11-18(23)19(29)22(4)5)27-13-14-8-15(25-6)10-16(9-14)26-7;1-18(2)16(22)15-8-14(9-17-15)21-10-11-5-12(19-3)7-13(6-11)20-4/h8-10,17-18H,11-13H2,1-7H3;5-7,14-15,17H,8-10H2,1-4H3/t17-,18+;14-,15+/m11/s1. The third-order valence-corrected chi connectivity index (χ3v) is 9.53. The minimum absolute atomic E-state index is 0.150. The number of carbonyl (C=O) groups excluding carboxylic acids is 1. The second-order valence-electron chi connectivity index (χ2n) is 13.9. The number of thiocarbonyl (C=S) groups is 2. The summed E-state index contributed by atoms with van der Waals surface area (Å²) < 4.78 is 38.9. The third kappa shape index (κ3) is 12.9. The van der Waals surface area contributed by atoms with Crippen molar-refractivity contribution in [1.29, 1.82) is 0 Å². The van der Waals surface area contributed by atoms with Gasteiger partial charge in [-0.3, -0.25) is 4.90 Å². The molecule has 0 aromatic heterocycles. The SMILES string of the molecule is COc1cc(CO[C@@H]2C[C@@H](C(=S)N(C)C)N(C(=O)OC(C)(C)C)C2)cc(OC)c1.COc1cc(CO[C@H]2CN[C@H](C(=S)N(C)C)C2)cc(OC)c1. The fraction of sp³-hybridized carbons (Fsp3) is 0.595.